The van der Waals surface area contributed by atoms with Crippen LogP contribution >= 0.6 is 6.26 Å². The van der Waals surface area contributed by atoms with Gasteiger partial charge in [-0.05, 0) is 31.6 Å². The quantitative estimate of drug-likeness (QED) is 0.591. The van der Waals surface area contributed by atoms with Crippen LogP contribution in [-0.4, -0.2) is 18.9 Å². The largest absolute Gasteiger partial charge is 0.351 e. The third kappa shape index (κ3) is 5.29. The lowest BCUT2D eigenvalue weighted by molar-refractivity contribution is 0.349. The molecule has 0 unspecified atom stereocenters. The maximum atomic E-state index is 5.79. The molecule has 0 aromatic carbocycles. The minimum absolute atomic E-state index is 0.858. The Bertz CT molecular complexity index is 137. The van der Waals surface area contributed by atoms with Crippen LogP contribution in [0.2, 0.25) is 0 Å². The van der Waals surface area contributed by atoms with Crippen molar-refractivity contribution in [3.05, 3.63) is 0 Å². The maximum Gasteiger partial charge on any atom is 0.0674 e. The Hall–Kier alpha value is 0.610. The highest BCUT2D eigenvalue weighted by Crippen LogP contribution is 2.48. The summed E-state index contributed by atoms with van der Waals surface area (Å²) in [4.78, 5) is 0. The third-order valence-electron chi connectivity index (χ3n) is 1.66. The van der Waals surface area contributed by atoms with Gasteiger partial charge in [-0.25, -0.2) is 0 Å². The monoisotopic (exact) mass is 208 g/mol. The first-order chi connectivity index (χ1) is 5.68. The lowest BCUT2D eigenvalue weighted by Crippen LogP contribution is -1.99. The van der Waals surface area contributed by atoms with E-state index >= 15 is 0 Å². The first-order valence-electron chi connectivity index (χ1n) is 4.91. The molecular formula is C9H21OPS. The van der Waals surface area contributed by atoms with Crippen molar-refractivity contribution in [3.63, 3.8) is 0 Å². The van der Waals surface area contributed by atoms with Gasteiger partial charge < -0.3 is 4.52 Å². The molecule has 0 bridgehead atoms. The van der Waals surface area contributed by atoms with Crippen molar-refractivity contribution in [3.8, 4) is 0 Å². The van der Waals surface area contributed by atoms with Gasteiger partial charge in [0.15, 0.2) is 0 Å². The minimum atomic E-state index is -1.40. The van der Waals surface area contributed by atoms with Gasteiger partial charge in [-0.3, -0.25) is 0 Å². The molecule has 0 saturated heterocycles. The molecule has 0 amide bonds. The zero-order valence-electron chi connectivity index (χ0n) is 8.51. The lowest BCUT2D eigenvalue weighted by Gasteiger charge is -2.20. The molecule has 3 heteroatoms. The molecule has 0 aromatic rings. The summed E-state index contributed by atoms with van der Waals surface area (Å²) in [5.41, 5.74) is 0. The molecule has 1 nitrogen and oxygen atoms in total. The fraction of sp³-hybridized carbons (Fsp3) is 1.00. The zero-order chi connectivity index (χ0) is 9.45. The predicted octanol–water partition coefficient (Wildman–Crippen LogP) is 3.63. The van der Waals surface area contributed by atoms with Gasteiger partial charge in [0.1, 0.15) is 0 Å². The Morgan fingerprint density at radius 1 is 1.00 bits per heavy atom. The van der Waals surface area contributed by atoms with Crippen molar-refractivity contribution in [2.24, 2.45) is 0 Å². The fourth-order valence-electron chi connectivity index (χ4n) is 1.18. The summed E-state index contributed by atoms with van der Waals surface area (Å²) in [5, 5.41) is 0. The number of rotatable bonds is 7. The normalized spacial score (nSPS) is 11.9. The van der Waals surface area contributed by atoms with Crippen molar-refractivity contribution in [2.45, 2.75) is 40.0 Å². The zero-order valence-corrected chi connectivity index (χ0v) is 10.2. The minimum Gasteiger partial charge on any atom is -0.351 e. The van der Waals surface area contributed by atoms with Crippen LogP contribution in [0.25, 0.3) is 0 Å². The van der Waals surface area contributed by atoms with E-state index in [1.54, 1.807) is 0 Å². The molecule has 12 heavy (non-hydrogen) atoms. The summed E-state index contributed by atoms with van der Waals surface area (Å²) in [6, 6.07) is 0. The number of hydrogen-bond donors (Lipinski definition) is 0. The van der Waals surface area contributed by atoms with Crippen LogP contribution in [0.4, 0.5) is 0 Å². The van der Waals surface area contributed by atoms with Crippen molar-refractivity contribution in [1.82, 2.24) is 0 Å². The van der Waals surface area contributed by atoms with Crippen molar-refractivity contribution < 1.29 is 4.52 Å². The van der Waals surface area contributed by atoms with Crippen LogP contribution in [0.1, 0.15) is 40.0 Å². The van der Waals surface area contributed by atoms with E-state index in [0.717, 1.165) is 25.4 Å². The lowest BCUT2D eigenvalue weighted by atomic mass is 10.5. The van der Waals surface area contributed by atoms with Gasteiger partial charge in [0, 0.05) is 0 Å². The first-order valence-corrected chi connectivity index (χ1v) is 8.00. The van der Waals surface area contributed by atoms with E-state index in [9.17, 15) is 0 Å². The van der Waals surface area contributed by atoms with Crippen LogP contribution in [0.3, 0.4) is 0 Å². The molecule has 0 aliphatic carbocycles. The molecule has 0 aliphatic heterocycles. The van der Waals surface area contributed by atoms with Gasteiger partial charge in [-0.2, -0.15) is 0 Å². The summed E-state index contributed by atoms with van der Waals surface area (Å²) in [5.74, 6) is 0. The molecule has 0 aromatic heterocycles. The molecule has 0 saturated carbocycles. The van der Waals surface area contributed by atoms with Crippen molar-refractivity contribution in [1.29, 1.82) is 0 Å². The smallest absolute Gasteiger partial charge is 0.0674 e. The molecular weight excluding hydrogens is 187 g/mol. The molecule has 0 fully saturated rings. The second kappa shape index (κ2) is 7.06. The average molecular weight is 208 g/mol. The fourth-order valence-corrected chi connectivity index (χ4v) is 4.86. The SMILES string of the molecule is CCCOP(=S)(CCC)CCC. The van der Waals surface area contributed by atoms with Crippen molar-refractivity contribution >= 4 is 18.1 Å². The van der Waals surface area contributed by atoms with Crippen LogP contribution in [0, 0.1) is 0 Å². The predicted molar refractivity (Wildman–Crippen MR) is 60.8 cm³/mol. The van der Waals surface area contributed by atoms with E-state index in [-0.39, 0.29) is 0 Å². The summed E-state index contributed by atoms with van der Waals surface area (Å²) < 4.78 is 5.79. The van der Waals surface area contributed by atoms with E-state index in [4.69, 9.17) is 16.3 Å². The number of hydrogen-bond acceptors (Lipinski definition) is 2. The highest BCUT2D eigenvalue weighted by atomic mass is 32.4. The van der Waals surface area contributed by atoms with Gasteiger partial charge in [0.2, 0.25) is 0 Å². The summed E-state index contributed by atoms with van der Waals surface area (Å²) in [7, 11) is 0. The Balaban J connectivity index is 3.90. The summed E-state index contributed by atoms with van der Waals surface area (Å²) in [6.07, 6.45) is 4.26. The summed E-state index contributed by atoms with van der Waals surface area (Å²) in [6.45, 7) is 7.37. The molecule has 74 valence electrons. The second-order valence-corrected chi connectivity index (χ2v) is 7.87. The molecule has 0 spiro atoms. The van der Waals surface area contributed by atoms with Crippen molar-refractivity contribution in [2.75, 3.05) is 18.9 Å². The average Bonchev–Trinajstić information content (AvgIpc) is 2.02. The molecule has 0 rings (SSSR count). The van der Waals surface area contributed by atoms with E-state index in [1.165, 1.54) is 12.8 Å². The van der Waals surface area contributed by atoms with Crippen LogP contribution in [0.5, 0.6) is 0 Å². The van der Waals surface area contributed by atoms with Gasteiger partial charge >= 0.3 is 0 Å². The molecule has 0 heterocycles. The van der Waals surface area contributed by atoms with Gasteiger partial charge in [-0.15, -0.1) is 0 Å². The van der Waals surface area contributed by atoms with Gasteiger partial charge in [0.25, 0.3) is 0 Å². The van der Waals surface area contributed by atoms with Gasteiger partial charge in [0.05, 0.1) is 12.9 Å². The van der Waals surface area contributed by atoms with E-state index in [2.05, 4.69) is 20.8 Å². The Morgan fingerprint density at radius 2 is 1.50 bits per heavy atom. The topological polar surface area (TPSA) is 9.23 Å². The highest BCUT2D eigenvalue weighted by molar-refractivity contribution is 8.12. The summed E-state index contributed by atoms with van der Waals surface area (Å²) >= 11 is 5.55. The van der Waals surface area contributed by atoms with Crippen LogP contribution < -0.4 is 0 Å². The van der Waals surface area contributed by atoms with E-state index in [1.807, 2.05) is 0 Å². The maximum absolute atomic E-state index is 5.79. The Labute approximate surface area is 82.0 Å². The first kappa shape index (κ1) is 12.6. The Kier molecular flexibility index (Phi) is 7.41. The van der Waals surface area contributed by atoms with Crippen LogP contribution in [0.15, 0.2) is 0 Å². The van der Waals surface area contributed by atoms with E-state index in [0.29, 0.717) is 0 Å². The highest BCUT2D eigenvalue weighted by Gasteiger charge is 2.14. The van der Waals surface area contributed by atoms with E-state index < -0.39 is 6.26 Å². The molecule has 0 atom stereocenters. The molecule has 0 N–H and O–H groups in total. The molecule has 0 radical (unpaired) electrons. The van der Waals surface area contributed by atoms with Crippen LogP contribution in [-0.2, 0) is 16.3 Å². The third-order valence-corrected chi connectivity index (χ3v) is 5.98. The second-order valence-electron chi connectivity index (χ2n) is 3.09. The van der Waals surface area contributed by atoms with Gasteiger partial charge in [-0.1, -0.05) is 32.6 Å². The Morgan fingerprint density at radius 3 is 1.83 bits per heavy atom. The standard InChI is InChI=1S/C9H21OPS/c1-4-7-10-11(12,8-5-2)9-6-3/h4-9H2,1-3H3. The molecule has 0 aliphatic rings.